The van der Waals surface area contributed by atoms with E-state index < -0.39 is 125 Å². The standard InChI is InChI=1S/C51H73N13O11S2/c1-29(2)42-48(74)61-36(25-39(52)66)45(71)62-37(49(75)64-22-10-14-38(64)47(73)59-33(13-9-21-56-50(54)55)43(69)57-27-40(53)67)28-76-77-51(19-7-4-8-20-51)26-41(68)58-34(24-31-15-17-32(65)18-16-31)44(70)60-35(46(72)63-42)23-30-11-5-3-6-12-30/h3,5-6,11-12,15-18,29,33-38,42,65H,4,7-10,13-14,19-28H2,1-2H3,(H2,52,66)(H2,53,67)(H,57,69)(H,58,68)(H,59,73)(H,60,70)(H,61,74)(H,62,71)(H,63,72)(H4,54,55,56)/t33-,34+,35-,36-,37-,38+,42+/m1/s1. The summed E-state index contributed by atoms with van der Waals surface area (Å²) in [5.74, 6) is -8.67. The third-order valence-electron chi connectivity index (χ3n) is 13.4. The lowest BCUT2D eigenvalue weighted by Gasteiger charge is -2.37. The molecule has 1 spiro atoms. The van der Waals surface area contributed by atoms with Gasteiger partial charge in [0.25, 0.3) is 0 Å². The van der Waals surface area contributed by atoms with Gasteiger partial charge in [0.05, 0.1) is 13.0 Å². The molecule has 16 N–H and O–H groups in total. The number of guanidine groups is 1. The predicted molar refractivity (Wildman–Crippen MR) is 290 cm³/mol. The number of aliphatic imine (C=N–C) groups is 1. The number of benzene rings is 2. The smallest absolute Gasteiger partial charge is 0.246 e. The minimum Gasteiger partial charge on any atom is -0.508 e. The predicted octanol–water partition coefficient (Wildman–Crippen LogP) is -1.25. The van der Waals surface area contributed by atoms with Crippen LogP contribution in [0.2, 0.25) is 0 Å². The molecule has 77 heavy (non-hydrogen) atoms. The number of rotatable bonds is 17. The number of nitrogens with zero attached hydrogens (tertiary/aromatic N) is 2. The lowest BCUT2D eigenvalue weighted by atomic mass is 9.85. The Labute approximate surface area is 455 Å². The number of phenolic OH excluding ortho intramolecular Hbond substituents is 1. The van der Waals surface area contributed by atoms with Crippen molar-refractivity contribution >= 4 is 86.6 Å². The van der Waals surface area contributed by atoms with Crippen LogP contribution in [0.4, 0.5) is 0 Å². The highest BCUT2D eigenvalue weighted by Gasteiger charge is 2.42. The molecule has 2 aliphatic heterocycles. The van der Waals surface area contributed by atoms with Crippen LogP contribution in [0.3, 0.4) is 0 Å². The largest absolute Gasteiger partial charge is 0.508 e. The second-order valence-electron chi connectivity index (χ2n) is 19.9. The molecular weight excluding hydrogens is 1030 g/mol. The topological polar surface area (TPSA) is 395 Å². The van der Waals surface area contributed by atoms with E-state index in [4.69, 9.17) is 22.9 Å². The van der Waals surface area contributed by atoms with Crippen LogP contribution in [0.5, 0.6) is 5.75 Å². The number of carbonyl (C=O) groups excluding carboxylic acids is 10. The van der Waals surface area contributed by atoms with E-state index in [1.165, 1.54) is 38.6 Å². The third-order valence-corrected chi connectivity index (χ3v) is 16.7. The first-order valence-electron chi connectivity index (χ1n) is 25.8. The molecule has 5 rings (SSSR count). The SMILES string of the molecule is CC(C)[C@@H]1NC(=O)[C@@H](Cc2ccccc2)NC(=O)[C@H](Cc2ccc(O)cc2)NC(=O)CC2(CCCCC2)SSC[C@H](C(=O)N2CCC[C@H]2C(=O)N[C@H](CCCN=C(N)N)C(=O)NCC(N)=O)NC(=O)[C@@H](CC(N)=O)NC1=O. The van der Waals surface area contributed by atoms with Crippen LogP contribution in [-0.4, -0.2) is 147 Å². The van der Waals surface area contributed by atoms with Crippen molar-refractivity contribution in [3.63, 3.8) is 0 Å². The number of hydrogen-bond donors (Lipinski definition) is 12. The van der Waals surface area contributed by atoms with Gasteiger partial charge in [-0.2, -0.15) is 0 Å². The van der Waals surface area contributed by atoms with Gasteiger partial charge in [0.2, 0.25) is 59.1 Å². The van der Waals surface area contributed by atoms with Gasteiger partial charge in [0.15, 0.2) is 5.96 Å². The second-order valence-corrected chi connectivity index (χ2v) is 22.7. The first kappa shape index (κ1) is 60.8. The number of nitrogens with two attached hydrogens (primary N) is 4. The van der Waals surface area contributed by atoms with Crippen LogP contribution in [0.15, 0.2) is 59.6 Å². The Hall–Kier alpha value is -7.09. The number of amides is 10. The van der Waals surface area contributed by atoms with E-state index in [2.05, 4.69) is 42.2 Å². The molecule has 0 unspecified atom stereocenters. The van der Waals surface area contributed by atoms with Crippen molar-refractivity contribution in [3.05, 3.63) is 65.7 Å². The highest BCUT2D eigenvalue weighted by atomic mass is 33.1. The fourth-order valence-electron chi connectivity index (χ4n) is 9.41. The number of nitrogens with one attached hydrogen (secondary N) is 7. The quantitative estimate of drug-likeness (QED) is 0.0381. The molecule has 1 aliphatic carbocycles. The third kappa shape index (κ3) is 19.2. The van der Waals surface area contributed by atoms with E-state index in [0.29, 0.717) is 30.4 Å². The number of carbonyl (C=O) groups is 10. The Morgan fingerprint density at radius 3 is 2.03 bits per heavy atom. The molecule has 0 aromatic heterocycles. The first-order chi connectivity index (χ1) is 36.6. The van der Waals surface area contributed by atoms with Crippen LogP contribution in [0.25, 0.3) is 0 Å². The van der Waals surface area contributed by atoms with Crippen LogP contribution in [0.1, 0.15) is 95.6 Å². The van der Waals surface area contributed by atoms with Crippen molar-refractivity contribution in [1.82, 2.24) is 42.1 Å². The maximum absolute atomic E-state index is 14.9. The van der Waals surface area contributed by atoms with Crippen molar-refractivity contribution in [2.75, 3.05) is 25.4 Å². The van der Waals surface area contributed by atoms with Gasteiger partial charge in [0, 0.05) is 42.9 Å². The zero-order valence-corrected chi connectivity index (χ0v) is 45.0. The fraction of sp³-hybridized carbons (Fsp3) is 0.549. The minimum absolute atomic E-state index is 0.00648. The summed E-state index contributed by atoms with van der Waals surface area (Å²) in [6.45, 7) is 2.94. The van der Waals surface area contributed by atoms with Gasteiger partial charge >= 0.3 is 0 Å². The molecule has 2 aromatic carbocycles. The summed E-state index contributed by atoms with van der Waals surface area (Å²) >= 11 is 0. The zero-order chi connectivity index (χ0) is 56.2. The summed E-state index contributed by atoms with van der Waals surface area (Å²) in [5.41, 5.74) is 23.1. The summed E-state index contributed by atoms with van der Waals surface area (Å²) in [5, 5.41) is 28.9. The van der Waals surface area contributed by atoms with Crippen LogP contribution in [0, 0.1) is 5.92 Å². The molecule has 24 nitrogen and oxygen atoms in total. The number of likely N-dealkylation sites (tertiary alicyclic amines) is 1. The van der Waals surface area contributed by atoms with Gasteiger partial charge in [-0.15, -0.1) is 0 Å². The number of hydrogen-bond acceptors (Lipinski definition) is 14. The van der Waals surface area contributed by atoms with Crippen LogP contribution >= 0.6 is 21.6 Å². The van der Waals surface area contributed by atoms with E-state index in [0.717, 1.165) is 19.3 Å². The highest BCUT2D eigenvalue weighted by molar-refractivity contribution is 8.77. The molecule has 3 fully saturated rings. The van der Waals surface area contributed by atoms with Crippen LogP contribution < -0.4 is 60.2 Å². The number of aromatic hydroxyl groups is 1. The molecular formula is C51H73N13O11S2. The maximum Gasteiger partial charge on any atom is 0.246 e. The van der Waals surface area contributed by atoms with Crippen LogP contribution in [-0.2, 0) is 60.8 Å². The Bertz CT molecular complexity index is 2460. The summed E-state index contributed by atoms with van der Waals surface area (Å²) < 4.78 is -0.726. The van der Waals surface area contributed by atoms with Crippen molar-refractivity contribution in [2.24, 2.45) is 33.8 Å². The highest BCUT2D eigenvalue weighted by Crippen LogP contribution is 2.48. The molecule has 10 amide bonds. The van der Waals surface area contributed by atoms with Crippen molar-refractivity contribution < 1.29 is 53.1 Å². The fourth-order valence-corrected chi connectivity index (χ4v) is 12.8. The zero-order valence-electron chi connectivity index (χ0n) is 43.4. The molecule has 2 saturated heterocycles. The Balaban J connectivity index is 1.51. The molecule has 1 saturated carbocycles. The first-order valence-corrected chi connectivity index (χ1v) is 28.1. The summed E-state index contributed by atoms with van der Waals surface area (Å²) in [7, 11) is 2.56. The Morgan fingerprint density at radius 2 is 1.39 bits per heavy atom. The summed E-state index contributed by atoms with van der Waals surface area (Å²) in [6, 6.07) is 5.68. The van der Waals surface area contributed by atoms with E-state index in [1.807, 2.05) is 0 Å². The van der Waals surface area contributed by atoms with Gasteiger partial charge in [0.1, 0.15) is 48.0 Å². The molecule has 0 radical (unpaired) electrons. The van der Waals surface area contributed by atoms with Gasteiger partial charge in [-0.1, -0.05) is 97.2 Å². The molecule has 420 valence electrons. The lowest BCUT2D eigenvalue weighted by Crippen LogP contribution is -2.61. The van der Waals surface area contributed by atoms with Crippen molar-refractivity contribution in [2.45, 2.75) is 144 Å². The van der Waals surface area contributed by atoms with E-state index >= 15 is 0 Å². The van der Waals surface area contributed by atoms with Crippen molar-refractivity contribution in [1.29, 1.82) is 0 Å². The molecule has 2 aromatic rings. The van der Waals surface area contributed by atoms with Gasteiger partial charge in [-0.25, -0.2) is 0 Å². The second kappa shape index (κ2) is 29.4. The lowest BCUT2D eigenvalue weighted by molar-refractivity contribution is -0.142. The average Bonchev–Trinajstić information content (AvgIpc) is 3.88. The number of phenols is 1. The van der Waals surface area contributed by atoms with E-state index in [-0.39, 0.29) is 69.1 Å². The minimum atomic E-state index is -1.66. The van der Waals surface area contributed by atoms with E-state index in [1.54, 1.807) is 56.3 Å². The molecule has 2 heterocycles. The molecule has 7 atom stereocenters. The molecule has 0 bridgehead atoms. The average molecular weight is 1110 g/mol. The van der Waals surface area contributed by atoms with E-state index in [9.17, 15) is 53.1 Å². The maximum atomic E-state index is 14.9. The van der Waals surface area contributed by atoms with Gasteiger partial charge < -0.3 is 70.2 Å². The van der Waals surface area contributed by atoms with Gasteiger partial charge in [-0.05, 0) is 67.7 Å². The molecule has 26 heteroatoms. The summed E-state index contributed by atoms with van der Waals surface area (Å²) in [4.78, 5) is 144. The molecule has 3 aliphatic rings. The van der Waals surface area contributed by atoms with Gasteiger partial charge in [-0.3, -0.25) is 52.9 Å². The Kier molecular flexibility index (Phi) is 23.2. The Morgan fingerprint density at radius 1 is 0.766 bits per heavy atom. The normalized spacial score (nSPS) is 23.2. The number of primary amides is 2. The summed E-state index contributed by atoms with van der Waals surface area (Å²) in [6.07, 6.45) is 3.56. The van der Waals surface area contributed by atoms with Crippen molar-refractivity contribution in [3.8, 4) is 5.75 Å². The monoisotopic (exact) mass is 1110 g/mol.